The van der Waals surface area contributed by atoms with E-state index >= 15 is 0 Å². The maximum atomic E-state index is 12.2. The molecule has 2 heterocycles. The Kier molecular flexibility index (Phi) is 3.06. The lowest BCUT2D eigenvalue weighted by Gasteiger charge is -2.07. The second-order valence-corrected chi connectivity index (χ2v) is 4.99. The molecule has 1 N–H and O–H groups in total. The highest BCUT2D eigenvalue weighted by molar-refractivity contribution is 5.98. The predicted octanol–water partition coefficient (Wildman–Crippen LogP) is 2.45. The molecule has 0 spiro atoms. The van der Waals surface area contributed by atoms with Crippen LogP contribution in [0.5, 0.6) is 0 Å². The van der Waals surface area contributed by atoms with Gasteiger partial charge in [-0.3, -0.25) is 4.79 Å². The summed E-state index contributed by atoms with van der Waals surface area (Å²) in [6.45, 7) is 0.535. The molecular weight excluding hydrogens is 250 g/mol. The fourth-order valence-corrected chi connectivity index (χ4v) is 2.36. The van der Waals surface area contributed by atoms with Crippen molar-refractivity contribution in [1.82, 2.24) is 14.5 Å². The number of fused-ring (bicyclic) bond motifs is 1. The first kappa shape index (κ1) is 12.5. The van der Waals surface area contributed by atoms with E-state index in [0.717, 1.165) is 16.6 Å². The zero-order chi connectivity index (χ0) is 14.1. The van der Waals surface area contributed by atoms with Gasteiger partial charge in [0.05, 0.1) is 6.54 Å². The maximum Gasteiger partial charge on any atom is 0.251 e. The topological polar surface area (TPSA) is 39.0 Å². The van der Waals surface area contributed by atoms with Gasteiger partial charge in [0.1, 0.15) is 0 Å². The molecule has 0 atom stereocenters. The molecule has 4 nitrogen and oxygen atoms in total. The summed E-state index contributed by atoms with van der Waals surface area (Å²) in [6, 6.07) is 11.8. The van der Waals surface area contributed by atoms with Crippen LogP contribution < -0.4 is 5.32 Å². The molecule has 0 bridgehead atoms. The van der Waals surface area contributed by atoms with Crippen LogP contribution in [-0.4, -0.2) is 15.0 Å². The summed E-state index contributed by atoms with van der Waals surface area (Å²) in [5, 5.41) is 4.09. The van der Waals surface area contributed by atoms with E-state index in [2.05, 4.69) is 5.32 Å². The highest BCUT2D eigenvalue weighted by Crippen LogP contribution is 2.16. The minimum Gasteiger partial charge on any atom is -0.353 e. The molecule has 0 aliphatic heterocycles. The van der Waals surface area contributed by atoms with Crippen molar-refractivity contribution in [2.75, 3.05) is 0 Å². The molecule has 3 aromatic rings. The van der Waals surface area contributed by atoms with Crippen molar-refractivity contribution in [2.45, 2.75) is 6.54 Å². The lowest BCUT2D eigenvalue weighted by Crippen LogP contribution is -2.23. The Morgan fingerprint density at radius 2 is 1.95 bits per heavy atom. The number of amides is 1. The van der Waals surface area contributed by atoms with Crippen LogP contribution >= 0.6 is 0 Å². The van der Waals surface area contributed by atoms with Crippen molar-refractivity contribution in [1.29, 1.82) is 0 Å². The summed E-state index contributed by atoms with van der Waals surface area (Å²) in [4.78, 5) is 12.2. The highest BCUT2D eigenvalue weighted by atomic mass is 16.1. The number of aromatic nitrogens is 2. The van der Waals surface area contributed by atoms with Gasteiger partial charge in [-0.25, -0.2) is 0 Å². The molecule has 0 unspecified atom stereocenters. The van der Waals surface area contributed by atoms with Gasteiger partial charge in [0.25, 0.3) is 5.91 Å². The molecule has 0 aliphatic carbocycles. The lowest BCUT2D eigenvalue weighted by molar-refractivity contribution is 0.0950. The van der Waals surface area contributed by atoms with Gasteiger partial charge in [-0.1, -0.05) is 6.07 Å². The Labute approximate surface area is 117 Å². The monoisotopic (exact) mass is 267 g/mol. The van der Waals surface area contributed by atoms with Crippen molar-refractivity contribution in [3.8, 4) is 0 Å². The number of rotatable bonds is 3. The minimum atomic E-state index is -0.0469. The van der Waals surface area contributed by atoms with Crippen LogP contribution in [-0.2, 0) is 20.6 Å². The quantitative estimate of drug-likeness (QED) is 0.778. The predicted molar refractivity (Wildman–Crippen MR) is 79.5 cm³/mol. The normalized spacial score (nSPS) is 10.9. The zero-order valence-corrected chi connectivity index (χ0v) is 11.6. The van der Waals surface area contributed by atoms with E-state index in [1.807, 2.05) is 72.0 Å². The van der Waals surface area contributed by atoms with Crippen LogP contribution in [0.3, 0.4) is 0 Å². The smallest absolute Gasteiger partial charge is 0.251 e. The number of carbonyl (C=O) groups is 1. The highest BCUT2D eigenvalue weighted by Gasteiger charge is 2.08. The Balaban J connectivity index is 1.78. The van der Waals surface area contributed by atoms with Crippen LogP contribution in [0.4, 0.5) is 0 Å². The summed E-state index contributed by atoms with van der Waals surface area (Å²) in [5.74, 6) is -0.0469. The maximum absolute atomic E-state index is 12.2. The van der Waals surface area contributed by atoms with E-state index in [0.29, 0.717) is 12.1 Å². The Morgan fingerprint density at radius 3 is 2.70 bits per heavy atom. The first-order valence-electron chi connectivity index (χ1n) is 6.58. The van der Waals surface area contributed by atoms with Crippen LogP contribution in [0.15, 0.2) is 48.8 Å². The summed E-state index contributed by atoms with van der Waals surface area (Å²) in [5.41, 5.74) is 2.84. The molecule has 0 fully saturated rings. The second-order valence-electron chi connectivity index (χ2n) is 4.99. The van der Waals surface area contributed by atoms with Gasteiger partial charge in [0, 0.05) is 43.3 Å². The minimum absolute atomic E-state index is 0.0469. The third kappa shape index (κ3) is 2.20. The van der Waals surface area contributed by atoms with E-state index in [4.69, 9.17) is 0 Å². The molecule has 3 rings (SSSR count). The molecule has 20 heavy (non-hydrogen) atoms. The largest absolute Gasteiger partial charge is 0.353 e. The average Bonchev–Trinajstić information content (AvgIpc) is 3.03. The van der Waals surface area contributed by atoms with Crippen LogP contribution in [0.25, 0.3) is 10.9 Å². The molecule has 0 aliphatic rings. The standard InChI is InChI=1S/C16H17N3O/c1-18-8-3-4-14(18)11-17-16(20)13-6-5-12-7-9-19(2)15(12)10-13/h3-10H,11H2,1-2H3,(H,17,20). The van der Waals surface area contributed by atoms with Gasteiger partial charge < -0.3 is 14.5 Å². The molecule has 1 amide bonds. The van der Waals surface area contributed by atoms with Gasteiger partial charge in [0.2, 0.25) is 0 Å². The Hall–Kier alpha value is -2.49. The summed E-state index contributed by atoms with van der Waals surface area (Å²) in [7, 11) is 3.95. The fraction of sp³-hybridized carbons (Fsp3) is 0.188. The lowest BCUT2D eigenvalue weighted by atomic mass is 10.1. The SMILES string of the molecule is Cn1cccc1CNC(=O)c1ccc2ccn(C)c2c1. The summed E-state index contributed by atoms with van der Waals surface area (Å²) >= 11 is 0. The molecule has 0 saturated heterocycles. The van der Waals surface area contributed by atoms with Gasteiger partial charge >= 0.3 is 0 Å². The molecule has 2 aromatic heterocycles. The first-order valence-corrected chi connectivity index (χ1v) is 6.58. The van der Waals surface area contributed by atoms with Crippen LogP contribution in [0, 0.1) is 0 Å². The fourth-order valence-electron chi connectivity index (χ4n) is 2.36. The number of carbonyl (C=O) groups excluding carboxylic acids is 1. The number of nitrogens with one attached hydrogen (secondary N) is 1. The average molecular weight is 267 g/mol. The third-order valence-corrected chi connectivity index (χ3v) is 3.63. The molecular formula is C16H17N3O. The van der Waals surface area contributed by atoms with E-state index in [1.165, 1.54) is 0 Å². The number of benzene rings is 1. The summed E-state index contributed by atoms with van der Waals surface area (Å²) in [6.07, 6.45) is 3.97. The van der Waals surface area contributed by atoms with Crippen LogP contribution in [0.2, 0.25) is 0 Å². The van der Waals surface area contributed by atoms with E-state index < -0.39 is 0 Å². The number of aryl methyl sites for hydroxylation is 2. The number of hydrogen-bond acceptors (Lipinski definition) is 1. The van der Waals surface area contributed by atoms with E-state index in [-0.39, 0.29) is 5.91 Å². The van der Waals surface area contributed by atoms with E-state index in [9.17, 15) is 4.79 Å². The van der Waals surface area contributed by atoms with Gasteiger partial charge in [-0.2, -0.15) is 0 Å². The second kappa shape index (κ2) is 4.89. The van der Waals surface area contributed by atoms with Crippen molar-refractivity contribution in [3.63, 3.8) is 0 Å². The zero-order valence-electron chi connectivity index (χ0n) is 11.6. The third-order valence-electron chi connectivity index (χ3n) is 3.63. The number of hydrogen-bond donors (Lipinski definition) is 1. The summed E-state index contributed by atoms with van der Waals surface area (Å²) < 4.78 is 4.02. The van der Waals surface area contributed by atoms with Gasteiger partial charge in [0.15, 0.2) is 0 Å². The van der Waals surface area contributed by atoms with Crippen molar-refractivity contribution < 1.29 is 4.79 Å². The molecule has 0 radical (unpaired) electrons. The number of nitrogens with zero attached hydrogens (tertiary/aromatic N) is 2. The van der Waals surface area contributed by atoms with Crippen molar-refractivity contribution in [2.24, 2.45) is 14.1 Å². The Bertz CT molecular complexity index is 767. The molecule has 0 saturated carbocycles. The van der Waals surface area contributed by atoms with Crippen molar-refractivity contribution in [3.05, 3.63) is 60.0 Å². The Morgan fingerprint density at radius 1 is 1.10 bits per heavy atom. The van der Waals surface area contributed by atoms with Gasteiger partial charge in [-0.05, 0) is 35.7 Å². The van der Waals surface area contributed by atoms with Crippen molar-refractivity contribution >= 4 is 16.8 Å². The molecule has 102 valence electrons. The molecule has 4 heteroatoms. The van der Waals surface area contributed by atoms with Gasteiger partial charge in [-0.15, -0.1) is 0 Å². The van der Waals surface area contributed by atoms with Crippen LogP contribution in [0.1, 0.15) is 16.1 Å². The first-order chi connectivity index (χ1) is 9.65. The van der Waals surface area contributed by atoms with E-state index in [1.54, 1.807) is 0 Å². The molecule has 1 aromatic carbocycles.